The first-order valence-corrected chi connectivity index (χ1v) is 31.7. The molecular weight excluding hydrogens is 712 g/mol. The first kappa shape index (κ1) is 54.6. The van der Waals surface area contributed by atoms with Crippen LogP contribution in [0.25, 0.3) is 0 Å². The average Bonchev–Trinajstić information content (AvgIpc) is 3.16. The van der Waals surface area contributed by atoms with Crippen molar-refractivity contribution in [1.82, 2.24) is 0 Å². The van der Waals surface area contributed by atoms with E-state index in [0.29, 0.717) is 0 Å². The Hall–Kier alpha value is 0.584. The van der Waals surface area contributed by atoms with Crippen LogP contribution in [-0.4, -0.2) is 16.6 Å². The van der Waals surface area contributed by atoms with Crippen LogP contribution >= 0.6 is 8.25 Å². The molecule has 6 heteroatoms. The molecule has 3 nitrogen and oxygen atoms in total. The zero-order valence-electron chi connectivity index (χ0n) is 38.4. The molecule has 0 bridgehead atoms. The van der Waals surface area contributed by atoms with Crippen molar-refractivity contribution < 1.29 is 13.0 Å². The number of unbranched alkanes of at least 4 members (excludes halogenated alkanes) is 30. The quantitative estimate of drug-likeness (QED) is 0.0349. The Morgan fingerprint density at radius 3 is 0.574 bits per heavy atom. The molecule has 0 amide bonds. The summed E-state index contributed by atoms with van der Waals surface area (Å²) >= 11 is 0. The van der Waals surface area contributed by atoms with Gasteiger partial charge in [-0.05, 0) is 36.3 Å². The summed E-state index contributed by atoms with van der Waals surface area (Å²) in [6.45, 7) is 13.9. The van der Waals surface area contributed by atoms with Crippen molar-refractivity contribution in [2.24, 2.45) is 0 Å². The highest BCUT2D eigenvalue weighted by Gasteiger charge is 2.40. The number of rotatable bonds is 46. The SMILES string of the molecule is CCCCCCCC[Si](CCCCCCCC)(CCCCCCCC)O[PH](=O)O[Si](CCCCCCCC)(CCCCCCCC)CCCCCCCC. The smallest absolute Gasteiger partial charge is 0.299 e. The summed E-state index contributed by atoms with van der Waals surface area (Å²) in [5, 5.41) is 0. The van der Waals surface area contributed by atoms with Gasteiger partial charge in [-0.2, -0.15) is 0 Å². The van der Waals surface area contributed by atoms with E-state index in [9.17, 15) is 4.57 Å². The minimum atomic E-state index is -2.53. The molecule has 0 N–H and O–H groups in total. The Labute approximate surface area is 345 Å². The van der Waals surface area contributed by atoms with Gasteiger partial charge in [0, 0.05) is 0 Å². The normalized spacial score (nSPS) is 12.4. The maximum atomic E-state index is 14.7. The Kier molecular flexibility index (Phi) is 42.2. The maximum absolute atomic E-state index is 14.7. The van der Waals surface area contributed by atoms with Crippen LogP contribution in [0.1, 0.15) is 273 Å². The number of hydrogen-bond donors (Lipinski definition) is 0. The molecule has 0 heterocycles. The van der Waals surface area contributed by atoms with Crippen molar-refractivity contribution in [2.75, 3.05) is 0 Å². The third-order valence-corrected chi connectivity index (χ3v) is 24.9. The van der Waals surface area contributed by atoms with Gasteiger partial charge in [0.15, 0.2) is 0 Å². The van der Waals surface area contributed by atoms with Crippen LogP contribution < -0.4 is 0 Å². The highest BCUT2D eigenvalue weighted by Crippen LogP contribution is 2.45. The summed E-state index contributed by atoms with van der Waals surface area (Å²) < 4.78 is 29.2. The highest BCUT2D eigenvalue weighted by atomic mass is 31.1. The monoisotopic (exact) mass is 815 g/mol. The fourth-order valence-electron chi connectivity index (χ4n) is 8.80. The second kappa shape index (κ2) is 41.7. The van der Waals surface area contributed by atoms with E-state index in [1.165, 1.54) is 267 Å². The molecule has 54 heavy (non-hydrogen) atoms. The van der Waals surface area contributed by atoms with Crippen molar-refractivity contribution in [3.8, 4) is 0 Å². The van der Waals surface area contributed by atoms with E-state index in [-0.39, 0.29) is 0 Å². The fraction of sp³-hybridized carbons (Fsp3) is 1.00. The molecule has 0 radical (unpaired) electrons. The number of hydrogen-bond acceptors (Lipinski definition) is 3. The zero-order chi connectivity index (χ0) is 39.7. The third kappa shape index (κ3) is 33.5. The van der Waals surface area contributed by atoms with Gasteiger partial charge in [-0.15, -0.1) is 0 Å². The average molecular weight is 815 g/mol. The van der Waals surface area contributed by atoms with E-state index in [1.807, 2.05) is 0 Å². The van der Waals surface area contributed by atoms with Crippen LogP contribution in [0.3, 0.4) is 0 Å². The lowest BCUT2D eigenvalue weighted by Gasteiger charge is -2.36. The van der Waals surface area contributed by atoms with Gasteiger partial charge in [-0.25, -0.2) is 0 Å². The molecule has 0 saturated heterocycles. The van der Waals surface area contributed by atoms with E-state index in [1.54, 1.807) is 0 Å². The lowest BCUT2D eigenvalue weighted by atomic mass is 10.1. The Morgan fingerprint density at radius 2 is 0.407 bits per heavy atom. The predicted molar refractivity (Wildman–Crippen MR) is 252 cm³/mol. The molecule has 0 aromatic heterocycles. The zero-order valence-corrected chi connectivity index (χ0v) is 41.4. The second-order valence-electron chi connectivity index (χ2n) is 17.9. The summed E-state index contributed by atoms with van der Waals surface area (Å²) in [6.07, 6.45) is 47.8. The van der Waals surface area contributed by atoms with E-state index in [0.717, 1.165) is 0 Å². The van der Waals surface area contributed by atoms with Gasteiger partial charge < -0.3 is 8.43 Å². The highest BCUT2D eigenvalue weighted by molar-refractivity contribution is 7.38. The standard InChI is InChI=1S/C48H103O3PSi2/c1-7-13-19-25-31-37-43-53(44-38-32-26-20-14-8-2,45-39-33-27-21-15-9-3)50-52(49)51-54(46-40-34-28-22-16-10-4,47-41-35-29-23-17-11-5)48-42-36-30-24-18-12-6/h52H,7-48H2,1-6H3. The van der Waals surface area contributed by atoms with E-state index in [2.05, 4.69) is 41.5 Å². The van der Waals surface area contributed by atoms with Gasteiger partial charge >= 0.3 is 0 Å². The summed E-state index contributed by atoms with van der Waals surface area (Å²) in [5.74, 6) is 0. The van der Waals surface area contributed by atoms with E-state index >= 15 is 0 Å². The summed E-state index contributed by atoms with van der Waals surface area (Å²) in [4.78, 5) is 0. The van der Waals surface area contributed by atoms with Crippen molar-refractivity contribution in [2.45, 2.75) is 309 Å². The molecule has 0 aliphatic rings. The van der Waals surface area contributed by atoms with Crippen LogP contribution in [0.15, 0.2) is 0 Å². The Bertz CT molecular complexity index is 625. The lowest BCUT2D eigenvalue weighted by molar-refractivity contribution is 0.389. The lowest BCUT2D eigenvalue weighted by Crippen LogP contribution is -2.39. The third-order valence-electron chi connectivity index (χ3n) is 12.5. The minimum Gasteiger partial charge on any atom is -0.353 e. The van der Waals surface area contributed by atoms with Gasteiger partial charge in [-0.1, -0.05) is 273 Å². The topological polar surface area (TPSA) is 35.5 Å². The van der Waals surface area contributed by atoms with Gasteiger partial charge in [-0.3, -0.25) is 4.57 Å². The first-order valence-electron chi connectivity index (χ1n) is 25.4. The van der Waals surface area contributed by atoms with Crippen LogP contribution in [0.2, 0.25) is 36.3 Å². The summed E-state index contributed by atoms with van der Waals surface area (Å²) in [6, 6.07) is 7.27. The molecule has 0 saturated carbocycles. The summed E-state index contributed by atoms with van der Waals surface area (Å²) in [7, 11) is -6.92. The largest absolute Gasteiger partial charge is 0.353 e. The molecule has 326 valence electrons. The van der Waals surface area contributed by atoms with E-state index < -0.39 is 24.9 Å². The molecule has 0 fully saturated rings. The molecule has 0 spiro atoms. The van der Waals surface area contributed by atoms with Crippen molar-refractivity contribution in [3.05, 3.63) is 0 Å². The van der Waals surface area contributed by atoms with Crippen molar-refractivity contribution >= 4 is 24.9 Å². The second-order valence-corrected chi connectivity index (χ2v) is 27.8. The molecule has 0 aromatic rings. The molecule has 0 unspecified atom stereocenters. The van der Waals surface area contributed by atoms with Gasteiger partial charge in [0.25, 0.3) is 8.25 Å². The van der Waals surface area contributed by atoms with Crippen LogP contribution in [0.5, 0.6) is 0 Å². The molecule has 0 aliphatic carbocycles. The van der Waals surface area contributed by atoms with E-state index in [4.69, 9.17) is 8.43 Å². The fourth-order valence-corrected chi connectivity index (χ4v) is 21.5. The molecular formula is C48H103O3PSi2. The maximum Gasteiger partial charge on any atom is 0.299 e. The van der Waals surface area contributed by atoms with Crippen LogP contribution in [0.4, 0.5) is 0 Å². The minimum absolute atomic E-state index is 1.21. The Morgan fingerprint density at radius 1 is 0.259 bits per heavy atom. The summed E-state index contributed by atoms with van der Waals surface area (Å²) in [5.41, 5.74) is 0. The van der Waals surface area contributed by atoms with Gasteiger partial charge in [0.2, 0.25) is 16.6 Å². The first-order chi connectivity index (χ1) is 26.5. The molecule has 0 rings (SSSR count). The van der Waals surface area contributed by atoms with Crippen LogP contribution in [0, 0.1) is 0 Å². The predicted octanol–water partition coefficient (Wildman–Crippen LogP) is 19.5. The molecule has 0 atom stereocenters. The molecule has 0 aromatic carbocycles. The van der Waals surface area contributed by atoms with Crippen molar-refractivity contribution in [1.29, 1.82) is 0 Å². The molecule has 0 aliphatic heterocycles. The van der Waals surface area contributed by atoms with Gasteiger partial charge in [0.1, 0.15) is 0 Å². The van der Waals surface area contributed by atoms with Gasteiger partial charge in [0.05, 0.1) is 0 Å². The Balaban J connectivity index is 6.21. The van der Waals surface area contributed by atoms with Crippen molar-refractivity contribution in [3.63, 3.8) is 0 Å². The van der Waals surface area contributed by atoms with Crippen LogP contribution in [-0.2, 0) is 13.0 Å².